The van der Waals surface area contributed by atoms with E-state index in [-0.39, 0.29) is 12.0 Å². The highest BCUT2D eigenvalue weighted by atomic mass is 16.5. The number of nitrogens with zero attached hydrogens (tertiary/aromatic N) is 4. The molecule has 24 heavy (non-hydrogen) atoms. The summed E-state index contributed by atoms with van der Waals surface area (Å²) >= 11 is 0. The molecule has 0 radical (unpaired) electrons. The quantitative estimate of drug-likeness (QED) is 0.831. The summed E-state index contributed by atoms with van der Waals surface area (Å²) < 4.78 is 7.27. The minimum absolute atomic E-state index is 0.141. The molecule has 8 heteroatoms. The van der Waals surface area contributed by atoms with Crippen LogP contribution in [-0.2, 0) is 11.8 Å². The molecule has 2 heterocycles. The van der Waals surface area contributed by atoms with Gasteiger partial charge in [0, 0.05) is 7.05 Å². The van der Waals surface area contributed by atoms with Crippen molar-refractivity contribution in [1.29, 1.82) is 0 Å². The van der Waals surface area contributed by atoms with Gasteiger partial charge < -0.3 is 9.84 Å². The lowest BCUT2D eigenvalue weighted by molar-refractivity contribution is -0.143. The number of ether oxygens (including phenoxy) is 1. The molecule has 1 N–H and O–H groups in total. The van der Waals surface area contributed by atoms with Crippen molar-refractivity contribution in [3.63, 3.8) is 0 Å². The Hall–Kier alpha value is -2.77. The van der Waals surface area contributed by atoms with Gasteiger partial charge in [0.25, 0.3) is 0 Å². The maximum Gasteiger partial charge on any atom is 0.306 e. The Bertz CT molecular complexity index is 741. The van der Waals surface area contributed by atoms with Gasteiger partial charge in [-0.2, -0.15) is 5.10 Å². The number of hydrogen-bond acceptors (Lipinski definition) is 6. The molecule has 2 aromatic rings. The molecule has 0 bridgehead atoms. The molecule has 0 unspecified atom stereocenters. The zero-order valence-electron chi connectivity index (χ0n) is 13.3. The normalized spacial score (nSPS) is 20.5. The monoisotopic (exact) mass is 330 g/mol. The van der Waals surface area contributed by atoms with Gasteiger partial charge in [-0.15, -0.1) is 0 Å². The van der Waals surface area contributed by atoms with Crippen LogP contribution in [-0.4, -0.2) is 43.2 Å². The second kappa shape index (κ2) is 6.77. The van der Waals surface area contributed by atoms with Crippen molar-refractivity contribution >= 4 is 12.3 Å². The van der Waals surface area contributed by atoms with E-state index in [0.717, 1.165) is 12.8 Å². The highest BCUT2D eigenvalue weighted by Crippen LogP contribution is 2.28. The van der Waals surface area contributed by atoms with Crippen molar-refractivity contribution in [3.8, 4) is 17.1 Å². The van der Waals surface area contributed by atoms with Crippen molar-refractivity contribution in [2.24, 2.45) is 13.0 Å². The average molecular weight is 330 g/mol. The van der Waals surface area contributed by atoms with Crippen LogP contribution in [0.1, 0.15) is 36.2 Å². The first kappa shape index (κ1) is 16.1. The summed E-state index contributed by atoms with van der Waals surface area (Å²) in [5.41, 5.74) is 0.961. The predicted octanol–water partition coefficient (Wildman–Crippen LogP) is 1.71. The molecular formula is C16H18N4O4. The van der Waals surface area contributed by atoms with E-state index in [1.165, 1.54) is 23.3 Å². The number of carboxylic acid groups (broad SMARTS) is 1. The topological polar surface area (TPSA) is 107 Å². The molecule has 0 spiro atoms. The SMILES string of the molecule is Cn1ncc(-c2ncc(O[C@H]3CCC[C@H](C(=O)O)C3)cn2)c1C=O. The zero-order chi connectivity index (χ0) is 17.1. The number of carbonyl (C=O) groups excluding carboxylic acids is 1. The first-order valence-electron chi connectivity index (χ1n) is 7.77. The molecule has 2 atom stereocenters. The standard InChI is InChI=1S/C16H18N4O4/c1-20-14(9-21)13(8-19-20)15-17-6-12(7-18-15)24-11-4-2-3-10(5-11)16(22)23/h6-11H,2-5H2,1H3,(H,22,23)/t10-,11-/m0/s1. The third kappa shape index (κ3) is 3.27. The molecule has 2 aromatic heterocycles. The molecule has 0 aromatic carbocycles. The number of rotatable bonds is 5. The van der Waals surface area contributed by atoms with Gasteiger partial charge in [-0.1, -0.05) is 0 Å². The average Bonchev–Trinajstić information content (AvgIpc) is 2.96. The second-order valence-electron chi connectivity index (χ2n) is 5.87. The Morgan fingerprint density at radius 2 is 2.08 bits per heavy atom. The fourth-order valence-corrected chi connectivity index (χ4v) is 2.94. The lowest BCUT2D eigenvalue weighted by Crippen LogP contribution is -2.29. The second-order valence-corrected chi connectivity index (χ2v) is 5.87. The maximum atomic E-state index is 11.1. The van der Waals surface area contributed by atoms with Gasteiger partial charge in [-0.3, -0.25) is 14.3 Å². The summed E-state index contributed by atoms with van der Waals surface area (Å²) in [4.78, 5) is 30.7. The minimum Gasteiger partial charge on any atom is -0.487 e. The van der Waals surface area contributed by atoms with Crippen LogP contribution in [0.4, 0.5) is 0 Å². The van der Waals surface area contributed by atoms with Crippen LogP contribution in [0.2, 0.25) is 0 Å². The van der Waals surface area contributed by atoms with Crippen molar-refractivity contribution in [2.45, 2.75) is 31.8 Å². The zero-order valence-corrected chi connectivity index (χ0v) is 13.3. The maximum absolute atomic E-state index is 11.1. The van der Waals surface area contributed by atoms with E-state index in [4.69, 9.17) is 9.84 Å². The molecule has 1 aliphatic rings. The van der Waals surface area contributed by atoms with E-state index in [1.54, 1.807) is 7.05 Å². The van der Waals surface area contributed by atoms with Crippen LogP contribution in [0, 0.1) is 5.92 Å². The largest absolute Gasteiger partial charge is 0.487 e. The number of aryl methyl sites for hydroxylation is 1. The lowest BCUT2D eigenvalue weighted by Gasteiger charge is -2.27. The first-order chi connectivity index (χ1) is 11.6. The molecule has 1 fully saturated rings. The summed E-state index contributed by atoms with van der Waals surface area (Å²) in [5.74, 6) is -0.238. The Kier molecular flexibility index (Phi) is 4.54. The fourth-order valence-electron chi connectivity index (χ4n) is 2.94. The first-order valence-corrected chi connectivity index (χ1v) is 7.77. The van der Waals surface area contributed by atoms with Crippen LogP contribution in [0.3, 0.4) is 0 Å². The Balaban J connectivity index is 1.70. The van der Waals surface area contributed by atoms with E-state index in [0.29, 0.717) is 42.0 Å². The molecule has 0 aliphatic heterocycles. The molecule has 0 amide bonds. The molecule has 126 valence electrons. The number of carbonyl (C=O) groups is 2. The number of aliphatic carboxylic acids is 1. The Morgan fingerprint density at radius 3 is 2.75 bits per heavy atom. The van der Waals surface area contributed by atoms with E-state index in [2.05, 4.69) is 15.1 Å². The number of hydrogen-bond donors (Lipinski definition) is 1. The highest BCUT2D eigenvalue weighted by molar-refractivity contribution is 5.83. The Labute approximate surface area is 138 Å². The third-order valence-electron chi connectivity index (χ3n) is 4.24. The summed E-state index contributed by atoms with van der Waals surface area (Å²) in [6.07, 6.45) is 8.03. The smallest absolute Gasteiger partial charge is 0.306 e. The van der Waals surface area contributed by atoms with Gasteiger partial charge in [-0.05, 0) is 25.7 Å². The van der Waals surface area contributed by atoms with E-state index in [9.17, 15) is 9.59 Å². The molecule has 1 aliphatic carbocycles. The van der Waals surface area contributed by atoms with Gasteiger partial charge in [0.2, 0.25) is 0 Å². The van der Waals surface area contributed by atoms with Crippen molar-refractivity contribution in [2.75, 3.05) is 0 Å². The fraction of sp³-hybridized carbons (Fsp3) is 0.438. The third-order valence-corrected chi connectivity index (χ3v) is 4.24. The van der Waals surface area contributed by atoms with Gasteiger partial charge in [0.15, 0.2) is 17.9 Å². The van der Waals surface area contributed by atoms with Crippen LogP contribution in [0.5, 0.6) is 5.75 Å². The molecular weight excluding hydrogens is 312 g/mol. The van der Waals surface area contributed by atoms with Crippen LogP contribution in [0.25, 0.3) is 11.4 Å². The lowest BCUT2D eigenvalue weighted by atomic mass is 9.87. The van der Waals surface area contributed by atoms with Gasteiger partial charge >= 0.3 is 5.97 Å². The molecule has 3 rings (SSSR count). The van der Waals surface area contributed by atoms with Crippen molar-refractivity contribution < 1.29 is 19.4 Å². The highest BCUT2D eigenvalue weighted by Gasteiger charge is 2.28. The summed E-state index contributed by atoms with van der Waals surface area (Å²) in [5, 5.41) is 13.1. The Morgan fingerprint density at radius 1 is 1.33 bits per heavy atom. The van der Waals surface area contributed by atoms with E-state index < -0.39 is 5.97 Å². The number of aldehydes is 1. The van der Waals surface area contributed by atoms with E-state index >= 15 is 0 Å². The predicted molar refractivity (Wildman–Crippen MR) is 83.6 cm³/mol. The summed E-state index contributed by atoms with van der Waals surface area (Å²) in [6.45, 7) is 0. The summed E-state index contributed by atoms with van der Waals surface area (Å²) in [6, 6.07) is 0. The van der Waals surface area contributed by atoms with Crippen molar-refractivity contribution in [3.05, 3.63) is 24.3 Å². The molecule has 0 saturated heterocycles. The van der Waals surface area contributed by atoms with Gasteiger partial charge in [0.05, 0.1) is 36.2 Å². The van der Waals surface area contributed by atoms with Gasteiger partial charge in [-0.25, -0.2) is 9.97 Å². The van der Waals surface area contributed by atoms with Crippen LogP contribution in [0.15, 0.2) is 18.6 Å². The van der Waals surface area contributed by atoms with Gasteiger partial charge in [0.1, 0.15) is 5.69 Å². The minimum atomic E-state index is -0.770. The van der Waals surface area contributed by atoms with Crippen molar-refractivity contribution in [1.82, 2.24) is 19.7 Å². The number of carboxylic acids is 1. The van der Waals surface area contributed by atoms with Crippen LogP contribution < -0.4 is 4.74 Å². The number of aromatic nitrogens is 4. The molecule has 1 saturated carbocycles. The van der Waals surface area contributed by atoms with E-state index in [1.807, 2.05) is 0 Å². The van der Waals surface area contributed by atoms with Crippen LogP contribution >= 0.6 is 0 Å². The molecule has 8 nitrogen and oxygen atoms in total. The summed E-state index contributed by atoms with van der Waals surface area (Å²) in [7, 11) is 1.67.